The first-order chi connectivity index (χ1) is 7.82. The lowest BCUT2D eigenvalue weighted by Gasteiger charge is -2.35. The molecule has 0 N–H and O–H groups in total. The van der Waals surface area contributed by atoms with E-state index in [9.17, 15) is 10.1 Å². The standard InChI is InChI=1S/C11H17N2O3P/c1-13(2,3)9-11(16-17,12(14)15)10-7-5-4-6-8-10/h4-8,17H,9H2,1-3H3. The third kappa shape index (κ3) is 3.22. The molecule has 0 spiro atoms. The van der Waals surface area contributed by atoms with E-state index in [-0.39, 0.29) is 6.54 Å². The molecule has 1 aromatic rings. The number of hydrogen-bond acceptors (Lipinski definition) is 3. The lowest BCUT2D eigenvalue weighted by Crippen LogP contribution is -2.52. The van der Waals surface area contributed by atoms with Crippen molar-refractivity contribution in [1.29, 1.82) is 0 Å². The van der Waals surface area contributed by atoms with Crippen molar-refractivity contribution in [3.63, 3.8) is 0 Å². The number of likely N-dealkylation sites (N-methyl/N-ethyl adjacent to an activating group) is 1. The Hall–Kier alpha value is -1.03. The highest BCUT2D eigenvalue weighted by Gasteiger charge is 2.47. The van der Waals surface area contributed by atoms with Crippen LogP contribution in [0.15, 0.2) is 30.3 Å². The maximum absolute atomic E-state index is 11.4. The molecule has 1 atom stereocenters. The van der Waals surface area contributed by atoms with Gasteiger partial charge in [0.25, 0.3) is 0 Å². The van der Waals surface area contributed by atoms with Gasteiger partial charge in [0.05, 0.1) is 31.6 Å². The van der Waals surface area contributed by atoms with Crippen LogP contribution in [-0.4, -0.2) is 37.1 Å². The number of nitrogens with zero attached hydrogens (tertiary/aromatic N) is 2. The Balaban J connectivity index is 3.24. The first-order valence-corrected chi connectivity index (χ1v) is 5.58. The summed E-state index contributed by atoms with van der Waals surface area (Å²) in [7, 11) is 8.51. The average molecular weight is 256 g/mol. The molecule has 0 bridgehead atoms. The van der Waals surface area contributed by atoms with Gasteiger partial charge in [-0.15, -0.1) is 0 Å². The predicted molar refractivity (Wildman–Crippen MR) is 67.4 cm³/mol. The second-order valence-electron chi connectivity index (χ2n) is 4.96. The van der Waals surface area contributed by atoms with Gasteiger partial charge in [-0.2, -0.15) is 0 Å². The molecule has 5 nitrogen and oxygen atoms in total. The molecular weight excluding hydrogens is 239 g/mol. The Bertz CT molecular complexity index is 391. The second kappa shape index (κ2) is 5.08. The highest BCUT2D eigenvalue weighted by atomic mass is 31.0. The summed E-state index contributed by atoms with van der Waals surface area (Å²) in [4.78, 5) is 11.0. The molecule has 17 heavy (non-hydrogen) atoms. The number of nitro groups is 1. The van der Waals surface area contributed by atoms with Crippen LogP contribution >= 0.6 is 9.47 Å². The van der Waals surface area contributed by atoms with E-state index in [4.69, 9.17) is 4.52 Å². The number of benzene rings is 1. The minimum Gasteiger partial charge on any atom is -0.493 e. The SMILES string of the molecule is C[N+](C)(C)CC(O[PH-])(c1ccccc1)[N+](=O)[O-]. The molecule has 1 unspecified atom stereocenters. The van der Waals surface area contributed by atoms with E-state index in [2.05, 4.69) is 9.47 Å². The summed E-state index contributed by atoms with van der Waals surface area (Å²) < 4.78 is 5.47. The molecule has 0 fully saturated rings. The quantitative estimate of drug-likeness (QED) is 0.266. The molecule has 6 heteroatoms. The number of quaternary nitrogens is 1. The fourth-order valence-electron chi connectivity index (χ4n) is 1.72. The van der Waals surface area contributed by atoms with Crippen molar-refractivity contribution in [3.05, 3.63) is 46.0 Å². The maximum Gasteiger partial charge on any atom is 0.372 e. The molecule has 0 aliphatic carbocycles. The highest BCUT2D eigenvalue weighted by Crippen LogP contribution is 2.30. The van der Waals surface area contributed by atoms with E-state index in [1.807, 2.05) is 27.2 Å². The van der Waals surface area contributed by atoms with Gasteiger partial charge in [-0.25, -0.2) is 0 Å². The van der Waals surface area contributed by atoms with Crippen LogP contribution < -0.4 is 0 Å². The second-order valence-corrected chi connectivity index (χ2v) is 5.16. The molecule has 0 aliphatic heterocycles. The summed E-state index contributed by atoms with van der Waals surface area (Å²) in [6.07, 6.45) is 0. The molecule has 0 heterocycles. The summed E-state index contributed by atoms with van der Waals surface area (Å²) in [5, 5.41) is 11.4. The van der Waals surface area contributed by atoms with E-state index in [0.717, 1.165) is 0 Å². The van der Waals surface area contributed by atoms with Crippen LogP contribution in [0.25, 0.3) is 0 Å². The minimum absolute atomic E-state index is 0.216. The lowest BCUT2D eigenvalue weighted by atomic mass is 10.0. The van der Waals surface area contributed by atoms with E-state index in [0.29, 0.717) is 10.0 Å². The summed E-state index contributed by atoms with van der Waals surface area (Å²) in [6, 6.07) is 8.72. The van der Waals surface area contributed by atoms with Crippen LogP contribution in [0.3, 0.4) is 0 Å². The van der Waals surface area contributed by atoms with Gasteiger partial charge < -0.3 is 18.5 Å². The van der Waals surface area contributed by atoms with Crippen LogP contribution in [0, 0.1) is 10.1 Å². The van der Waals surface area contributed by atoms with E-state index in [1.54, 1.807) is 24.3 Å². The van der Waals surface area contributed by atoms with Crippen LogP contribution in [0.4, 0.5) is 0 Å². The average Bonchev–Trinajstić information content (AvgIpc) is 2.25. The van der Waals surface area contributed by atoms with Crippen molar-refractivity contribution in [1.82, 2.24) is 0 Å². The summed E-state index contributed by atoms with van der Waals surface area (Å²) in [5.41, 5.74) is -1.05. The van der Waals surface area contributed by atoms with Gasteiger partial charge in [0.15, 0.2) is 6.54 Å². The Kier molecular flexibility index (Phi) is 4.20. The van der Waals surface area contributed by atoms with Crippen LogP contribution in [0.5, 0.6) is 0 Å². The molecule has 0 aliphatic rings. The smallest absolute Gasteiger partial charge is 0.372 e. The summed E-state index contributed by atoms with van der Waals surface area (Å²) in [5.74, 6) is 0. The van der Waals surface area contributed by atoms with Gasteiger partial charge in [0, 0.05) is 0 Å². The van der Waals surface area contributed by atoms with Gasteiger partial charge in [-0.3, -0.25) is 10.1 Å². The number of rotatable bonds is 5. The van der Waals surface area contributed by atoms with Crippen molar-refractivity contribution >= 4 is 9.47 Å². The highest BCUT2D eigenvalue weighted by molar-refractivity contribution is 7.09. The first kappa shape index (κ1) is 14.0. The van der Waals surface area contributed by atoms with E-state index >= 15 is 0 Å². The number of hydrogen-bond donors (Lipinski definition) is 0. The topological polar surface area (TPSA) is 52.4 Å². The van der Waals surface area contributed by atoms with Gasteiger partial charge in [0.1, 0.15) is 0 Å². The maximum atomic E-state index is 11.4. The zero-order chi connectivity index (χ0) is 13.1. The summed E-state index contributed by atoms with van der Waals surface area (Å²) >= 11 is 0. The van der Waals surface area contributed by atoms with Crippen LogP contribution in [0.2, 0.25) is 0 Å². The van der Waals surface area contributed by atoms with Crippen molar-refractivity contribution in [2.75, 3.05) is 27.7 Å². The molecule has 0 saturated heterocycles. The van der Waals surface area contributed by atoms with Crippen LogP contribution in [-0.2, 0) is 10.2 Å². The molecule has 0 radical (unpaired) electrons. The fourth-order valence-corrected chi connectivity index (χ4v) is 1.98. The van der Waals surface area contributed by atoms with Crippen molar-refractivity contribution in [2.24, 2.45) is 0 Å². The zero-order valence-electron chi connectivity index (χ0n) is 10.2. The molecule has 1 aromatic carbocycles. The molecule has 94 valence electrons. The monoisotopic (exact) mass is 256 g/mol. The fraction of sp³-hybridized carbons (Fsp3) is 0.455. The van der Waals surface area contributed by atoms with Crippen LogP contribution in [0.1, 0.15) is 5.56 Å². The Morgan fingerprint density at radius 1 is 1.35 bits per heavy atom. The van der Waals surface area contributed by atoms with Gasteiger partial charge in [-0.1, -0.05) is 18.2 Å². The predicted octanol–water partition coefficient (Wildman–Crippen LogP) is 1.90. The van der Waals surface area contributed by atoms with Gasteiger partial charge in [-0.05, 0) is 12.1 Å². The van der Waals surface area contributed by atoms with E-state index < -0.39 is 10.6 Å². The van der Waals surface area contributed by atoms with E-state index in [1.165, 1.54) is 0 Å². The van der Waals surface area contributed by atoms with Gasteiger partial charge >= 0.3 is 5.72 Å². The van der Waals surface area contributed by atoms with Crippen molar-refractivity contribution in [3.8, 4) is 0 Å². The third-order valence-corrected chi connectivity index (χ3v) is 2.71. The van der Waals surface area contributed by atoms with Crippen molar-refractivity contribution in [2.45, 2.75) is 5.72 Å². The third-order valence-electron chi connectivity index (χ3n) is 2.38. The Morgan fingerprint density at radius 2 is 1.88 bits per heavy atom. The largest absolute Gasteiger partial charge is 0.493 e. The Morgan fingerprint density at radius 3 is 2.24 bits per heavy atom. The molecule has 0 saturated carbocycles. The molecular formula is C11H17N2O3P. The zero-order valence-corrected chi connectivity index (χ0v) is 11.2. The first-order valence-electron chi connectivity index (χ1n) is 5.17. The molecule has 1 rings (SSSR count). The molecule has 0 aromatic heterocycles. The lowest BCUT2D eigenvalue weighted by molar-refractivity contribution is -0.898. The normalized spacial score (nSPS) is 15.3. The minimum atomic E-state index is -1.57. The van der Waals surface area contributed by atoms with Gasteiger partial charge in [0.2, 0.25) is 0 Å². The molecule has 0 amide bonds. The summed E-state index contributed by atoms with van der Waals surface area (Å²) in [6.45, 7) is 0.216. The van der Waals surface area contributed by atoms with Crippen molar-refractivity contribution < 1.29 is 13.9 Å². The Labute approximate surface area is 103 Å².